The minimum Gasteiger partial charge on any atom is -0.399 e. The number of hydrogen-bond acceptors (Lipinski definition) is 3. The van der Waals surface area contributed by atoms with E-state index in [2.05, 4.69) is 0 Å². The largest absolute Gasteiger partial charge is 0.399 e. The van der Waals surface area contributed by atoms with Gasteiger partial charge < -0.3 is 15.5 Å². The van der Waals surface area contributed by atoms with E-state index in [-0.39, 0.29) is 18.4 Å². The molecule has 1 aromatic carbocycles. The molecule has 1 aliphatic heterocycles. The van der Waals surface area contributed by atoms with Crippen molar-refractivity contribution in [2.24, 2.45) is 0 Å². The van der Waals surface area contributed by atoms with Crippen LogP contribution in [0.3, 0.4) is 0 Å². The van der Waals surface area contributed by atoms with Crippen molar-refractivity contribution < 1.29 is 9.59 Å². The minimum absolute atomic E-state index is 0.0672. The Morgan fingerprint density at radius 1 is 1.16 bits per heavy atom. The highest BCUT2D eigenvalue weighted by atomic mass is 16.2. The Morgan fingerprint density at radius 3 is 2.42 bits per heavy atom. The van der Waals surface area contributed by atoms with Crippen molar-refractivity contribution in [3.63, 3.8) is 0 Å². The Balaban J connectivity index is 1.68. The first-order chi connectivity index (χ1) is 9.15. The zero-order valence-corrected chi connectivity index (χ0v) is 10.7. The third-order valence-corrected chi connectivity index (χ3v) is 3.69. The molecule has 1 heterocycles. The van der Waals surface area contributed by atoms with Crippen molar-refractivity contribution in [3.8, 4) is 0 Å². The van der Waals surface area contributed by atoms with Gasteiger partial charge >= 0.3 is 0 Å². The molecule has 1 aromatic rings. The quantitative estimate of drug-likeness (QED) is 0.796. The van der Waals surface area contributed by atoms with Crippen LogP contribution in [0.4, 0.5) is 5.69 Å². The number of nitrogens with zero attached hydrogens (tertiary/aromatic N) is 2. The Morgan fingerprint density at radius 2 is 1.84 bits per heavy atom. The Hall–Kier alpha value is -2.04. The number of piperazine rings is 1. The van der Waals surface area contributed by atoms with Crippen LogP contribution in [0.2, 0.25) is 0 Å². The fourth-order valence-corrected chi connectivity index (χ4v) is 2.44. The van der Waals surface area contributed by atoms with Crippen LogP contribution < -0.4 is 5.73 Å². The van der Waals surface area contributed by atoms with E-state index in [1.54, 1.807) is 29.2 Å². The van der Waals surface area contributed by atoms with Crippen LogP contribution in [0.25, 0.3) is 0 Å². The maximum absolute atomic E-state index is 12.3. The Labute approximate surface area is 112 Å². The van der Waals surface area contributed by atoms with E-state index in [1.165, 1.54) is 0 Å². The van der Waals surface area contributed by atoms with Crippen LogP contribution in [0.5, 0.6) is 0 Å². The van der Waals surface area contributed by atoms with Gasteiger partial charge in [-0.1, -0.05) is 0 Å². The van der Waals surface area contributed by atoms with Crippen molar-refractivity contribution in [3.05, 3.63) is 29.8 Å². The van der Waals surface area contributed by atoms with Gasteiger partial charge in [0.05, 0.1) is 0 Å². The number of benzene rings is 1. The van der Waals surface area contributed by atoms with Gasteiger partial charge in [0, 0.05) is 30.4 Å². The summed E-state index contributed by atoms with van der Waals surface area (Å²) in [4.78, 5) is 27.8. The number of anilines is 1. The van der Waals surface area contributed by atoms with E-state index in [4.69, 9.17) is 5.73 Å². The second-order valence-corrected chi connectivity index (χ2v) is 5.17. The number of rotatable bonds is 2. The molecule has 5 nitrogen and oxygen atoms in total. The number of hydrogen-bond donors (Lipinski definition) is 1. The minimum atomic E-state index is -0.0937. The van der Waals surface area contributed by atoms with E-state index in [0.29, 0.717) is 30.4 Å². The van der Waals surface area contributed by atoms with Crippen LogP contribution in [0.15, 0.2) is 24.3 Å². The summed E-state index contributed by atoms with van der Waals surface area (Å²) in [6.07, 6.45) is 2.22. The zero-order valence-electron chi connectivity index (χ0n) is 10.7. The topological polar surface area (TPSA) is 66.6 Å². The fraction of sp³-hybridized carbons (Fsp3) is 0.429. The van der Waals surface area contributed by atoms with Gasteiger partial charge in [0.2, 0.25) is 5.91 Å². The molecule has 5 heteroatoms. The average molecular weight is 259 g/mol. The molecule has 2 fully saturated rings. The lowest BCUT2D eigenvalue weighted by Gasteiger charge is -2.34. The smallest absolute Gasteiger partial charge is 0.254 e. The van der Waals surface area contributed by atoms with Gasteiger partial charge in [-0.2, -0.15) is 0 Å². The molecule has 0 radical (unpaired) electrons. The van der Waals surface area contributed by atoms with Gasteiger partial charge in [-0.25, -0.2) is 0 Å². The molecule has 1 aliphatic carbocycles. The highest BCUT2D eigenvalue weighted by Gasteiger charge is 2.36. The molecule has 19 heavy (non-hydrogen) atoms. The summed E-state index contributed by atoms with van der Waals surface area (Å²) in [7, 11) is 0. The summed E-state index contributed by atoms with van der Waals surface area (Å²) in [6.45, 7) is 1.47. The van der Waals surface area contributed by atoms with E-state index in [9.17, 15) is 9.59 Å². The highest BCUT2D eigenvalue weighted by molar-refractivity contribution is 5.97. The van der Waals surface area contributed by atoms with Crippen molar-refractivity contribution in [2.75, 3.05) is 25.4 Å². The van der Waals surface area contributed by atoms with Crippen molar-refractivity contribution >= 4 is 17.5 Å². The van der Waals surface area contributed by atoms with Crippen molar-refractivity contribution in [1.29, 1.82) is 0 Å². The summed E-state index contributed by atoms with van der Waals surface area (Å²) >= 11 is 0. The predicted octanol–water partition coefficient (Wildman–Crippen LogP) is 0.716. The van der Waals surface area contributed by atoms with Gasteiger partial charge in [0.1, 0.15) is 6.54 Å². The molecular weight excluding hydrogens is 242 g/mol. The van der Waals surface area contributed by atoms with E-state index >= 15 is 0 Å². The molecule has 1 saturated carbocycles. The third kappa shape index (κ3) is 2.41. The van der Waals surface area contributed by atoms with Crippen LogP contribution >= 0.6 is 0 Å². The monoisotopic (exact) mass is 259 g/mol. The van der Waals surface area contributed by atoms with Gasteiger partial charge in [0.25, 0.3) is 5.91 Å². The summed E-state index contributed by atoms with van der Waals surface area (Å²) in [5, 5.41) is 0. The van der Waals surface area contributed by atoms with Gasteiger partial charge in [0.15, 0.2) is 0 Å². The SMILES string of the molecule is Nc1ccc(C(=O)N2CCN(C3CC3)C(=O)C2)cc1. The van der Waals surface area contributed by atoms with Gasteiger partial charge in [-0.3, -0.25) is 9.59 Å². The summed E-state index contributed by atoms with van der Waals surface area (Å²) < 4.78 is 0. The molecule has 0 aromatic heterocycles. The van der Waals surface area contributed by atoms with E-state index in [1.807, 2.05) is 4.90 Å². The molecule has 2 amide bonds. The summed E-state index contributed by atoms with van der Waals surface area (Å²) in [5.41, 5.74) is 6.82. The molecule has 2 aliphatic rings. The van der Waals surface area contributed by atoms with E-state index < -0.39 is 0 Å². The lowest BCUT2D eigenvalue weighted by molar-refractivity contribution is -0.135. The Kier molecular flexibility index (Phi) is 2.89. The average Bonchev–Trinajstić information content (AvgIpc) is 3.23. The molecule has 2 N–H and O–H groups in total. The Bertz CT molecular complexity index is 508. The predicted molar refractivity (Wildman–Crippen MR) is 71.5 cm³/mol. The van der Waals surface area contributed by atoms with Crippen LogP contribution in [0.1, 0.15) is 23.2 Å². The molecule has 0 spiro atoms. The number of nitrogens with two attached hydrogens (primary N) is 1. The van der Waals surface area contributed by atoms with Crippen LogP contribution in [-0.4, -0.2) is 47.3 Å². The first kappa shape index (κ1) is 12.0. The third-order valence-electron chi connectivity index (χ3n) is 3.69. The second kappa shape index (κ2) is 4.57. The van der Waals surface area contributed by atoms with Crippen molar-refractivity contribution in [2.45, 2.75) is 18.9 Å². The summed E-state index contributed by atoms with van der Waals surface area (Å²) in [6, 6.07) is 7.25. The van der Waals surface area contributed by atoms with Crippen molar-refractivity contribution in [1.82, 2.24) is 9.80 Å². The zero-order chi connectivity index (χ0) is 13.4. The molecule has 1 saturated heterocycles. The lowest BCUT2D eigenvalue weighted by Crippen LogP contribution is -2.52. The first-order valence-electron chi connectivity index (χ1n) is 6.59. The van der Waals surface area contributed by atoms with Gasteiger partial charge in [-0.05, 0) is 37.1 Å². The van der Waals surface area contributed by atoms with Crippen LogP contribution in [-0.2, 0) is 4.79 Å². The molecule has 0 atom stereocenters. The number of nitrogen functional groups attached to an aromatic ring is 1. The summed E-state index contributed by atoms with van der Waals surface area (Å²) in [5.74, 6) is -0.0265. The number of carbonyl (C=O) groups is 2. The molecule has 0 bridgehead atoms. The lowest BCUT2D eigenvalue weighted by atomic mass is 10.1. The van der Waals surface area contributed by atoms with Gasteiger partial charge in [-0.15, -0.1) is 0 Å². The highest BCUT2D eigenvalue weighted by Crippen LogP contribution is 2.28. The number of carbonyl (C=O) groups excluding carboxylic acids is 2. The fourth-order valence-electron chi connectivity index (χ4n) is 2.44. The molecule has 100 valence electrons. The molecule has 0 unspecified atom stereocenters. The van der Waals surface area contributed by atoms with Crippen LogP contribution in [0, 0.1) is 0 Å². The normalized spacial score (nSPS) is 19.7. The first-order valence-corrected chi connectivity index (χ1v) is 6.59. The second-order valence-electron chi connectivity index (χ2n) is 5.17. The maximum atomic E-state index is 12.3. The standard InChI is InChI=1S/C14H17N3O2/c15-11-3-1-10(2-4-11)14(19)16-7-8-17(12-5-6-12)13(18)9-16/h1-4,12H,5-9,15H2. The maximum Gasteiger partial charge on any atom is 0.254 e. The van der Waals surface area contributed by atoms with E-state index in [0.717, 1.165) is 12.8 Å². The molecular formula is C14H17N3O2. The number of amides is 2. The molecule has 3 rings (SSSR count).